The van der Waals surface area contributed by atoms with Crippen molar-refractivity contribution in [3.63, 3.8) is 0 Å². The van der Waals surface area contributed by atoms with Crippen molar-refractivity contribution in [3.8, 4) is 0 Å². The zero-order valence-corrected chi connectivity index (χ0v) is 15.5. The van der Waals surface area contributed by atoms with Crippen LogP contribution in [-0.4, -0.2) is 27.2 Å². The lowest BCUT2D eigenvalue weighted by molar-refractivity contribution is -0.121. The fourth-order valence-corrected chi connectivity index (χ4v) is 3.62. The van der Waals surface area contributed by atoms with Gasteiger partial charge in [0.2, 0.25) is 5.91 Å². The fourth-order valence-electron chi connectivity index (χ4n) is 3.62. The number of aromatic nitrogens is 3. The number of rotatable bonds is 7. The smallest absolute Gasteiger partial charge is 0.288 e. The Morgan fingerprint density at radius 3 is 2.68 bits per heavy atom. The van der Waals surface area contributed by atoms with Crippen molar-refractivity contribution < 1.29 is 4.79 Å². The highest BCUT2D eigenvalue weighted by Gasteiger charge is 2.13. The third-order valence-electron chi connectivity index (χ3n) is 4.95. The second-order valence-corrected chi connectivity index (χ2v) is 6.82. The zero-order valence-electron chi connectivity index (χ0n) is 15.5. The van der Waals surface area contributed by atoms with Gasteiger partial charge in [-0.3, -0.25) is 9.59 Å². The van der Waals surface area contributed by atoms with Crippen LogP contribution in [0.1, 0.15) is 18.4 Å². The molecule has 6 nitrogen and oxygen atoms in total. The van der Waals surface area contributed by atoms with Crippen molar-refractivity contribution in [3.05, 3.63) is 76.7 Å². The van der Waals surface area contributed by atoms with Crippen molar-refractivity contribution in [2.75, 3.05) is 6.54 Å². The number of nitrogens with zero attached hydrogens (tertiary/aromatic N) is 2. The van der Waals surface area contributed by atoms with Crippen LogP contribution in [0.5, 0.6) is 0 Å². The van der Waals surface area contributed by atoms with Crippen LogP contribution >= 0.6 is 0 Å². The van der Waals surface area contributed by atoms with Crippen LogP contribution in [0, 0.1) is 0 Å². The van der Waals surface area contributed by atoms with E-state index in [0.717, 1.165) is 22.7 Å². The average molecular weight is 374 g/mol. The lowest BCUT2D eigenvalue weighted by Gasteiger charge is -2.08. The monoisotopic (exact) mass is 374 g/mol. The Labute approximate surface area is 162 Å². The van der Waals surface area contributed by atoms with Gasteiger partial charge < -0.3 is 9.88 Å². The summed E-state index contributed by atoms with van der Waals surface area (Å²) >= 11 is 0. The molecule has 0 spiro atoms. The first-order chi connectivity index (χ1) is 13.7. The van der Waals surface area contributed by atoms with Crippen LogP contribution in [0.15, 0.2) is 65.6 Å². The number of fused-ring (bicyclic) bond motifs is 3. The molecule has 4 aromatic rings. The zero-order chi connectivity index (χ0) is 19.3. The molecule has 2 aromatic heterocycles. The van der Waals surface area contributed by atoms with Gasteiger partial charge in [-0.25, -0.2) is 5.10 Å². The molecule has 0 aliphatic rings. The molecule has 2 aromatic carbocycles. The SMILES string of the molecule is O=C(CCCn1c2ccccc2c2cn[nH]c(=O)c21)NCCc1ccccc1. The van der Waals surface area contributed by atoms with E-state index in [-0.39, 0.29) is 11.5 Å². The largest absolute Gasteiger partial charge is 0.356 e. The standard InChI is InChI=1S/C22H22N4O2/c27-20(23-13-12-16-7-2-1-3-8-16)11-6-14-26-19-10-5-4-9-17(19)18-15-24-25-22(28)21(18)26/h1-5,7-10,15H,6,11-14H2,(H,23,27)(H,25,28). The molecule has 0 saturated heterocycles. The van der Waals surface area contributed by atoms with Crippen LogP contribution in [0.25, 0.3) is 21.8 Å². The summed E-state index contributed by atoms with van der Waals surface area (Å²) in [5, 5.41) is 11.3. The van der Waals surface area contributed by atoms with Gasteiger partial charge in [-0.2, -0.15) is 5.10 Å². The normalized spacial score (nSPS) is 11.1. The van der Waals surface area contributed by atoms with Crippen LogP contribution in [0.2, 0.25) is 0 Å². The van der Waals surface area contributed by atoms with Gasteiger partial charge in [-0.05, 0) is 24.5 Å². The molecule has 0 radical (unpaired) electrons. The highest BCUT2D eigenvalue weighted by molar-refractivity contribution is 6.07. The van der Waals surface area contributed by atoms with E-state index < -0.39 is 0 Å². The first-order valence-electron chi connectivity index (χ1n) is 9.49. The van der Waals surface area contributed by atoms with E-state index >= 15 is 0 Å². The third kappa shape index (κ3) is 3.67. The number of aryl methyl sites for hydroxylation is 1. The van der Waals surface area contributed by atoms with Gasteiger partial charge >= 0.3 is 0 Å². The van der Waals surface area contributed by atoms with Crippen LogP contribution in [-0.2, 0) is 17.8 Å². The number of hydrogen-bond donors (Lipinski definition) is 2. The van der Waals surface area contributed by atoms with Gasteiger partial charge in [0, 0.05) is 35.8 Å². The van der Waals surface area contributed by atoms with Gasteiger partial charge in [-0.1, -0.05) is 48.5 Å². The summed E-state index contributed by atoms with van der Waals surface area (Å²) in [5.41, 5.74) is 2.60. The Bertz CT molecular complexity index is 1160. The Kier molecular flexibility index (Phi) is 5.19. The Morgan fingerprint density at radius 1 is 1.04 bits per heavy atom. The molecule has 28 heavy (non-hydrogen) atoms. The first kappa shape index (κ1) is 18.0. The molecule has 0 unspecified atom stereocenters. The van der Waals surface area contributed by atoms with E-state index in [9.17, 15) is 9.59 Å². The summed E-state index contributed by atoms with van der Waals surface area (Å²) in [6.07, 6.45) is 3.59. The molecular formula is C22H22N4O2. The van der Waals surface area contributed by atoms with E-state index in [1.54, 1.807) is 6.20 Å². The van der Waals surface area contributed by atoms with Crippen LogP contribution in [0.3, 0.4) is 0 Å². The maximum atomic E-state index is 12.3. The summed E-state index contributed by atoms with van der Waals surface area (Å²) in [6, 6.07) is 18.0. The van der Waals surface area contributed by atoms with Crippen molar-refractivity contribution in [1.29, 1.82) is 0 Å². The molecule has 2 heterocycles. The Morgan fingerprint density at radius 2 is 1.82 bits per heavy atom. The minimum absolute atomic E-state index is 0.0345. The summed E-state index contributed by atoms with van der Waals surface area (Å²) in [4.78, 5) is 24.5. The number of carbonyl (C=O) groups excluding carboxylic acids is 1. The number of para-hydroxylation sites is 1. The maximum absolute atomic E-state index is 12.3. The van der Waals surface area contributed by atoms with Gasteiger partial charge in [0.05, 0.1) is 6.20 Å². The summed E-state index contributed by atoms with van der Waals surface area (Å²) in [5.74, 6) is 0.0345. The molecule has 4 rings (SSSR count). The second kappa shape index (κ2) is 8.08. The Hall–Kier alpha value is -3.41. The molecule has 0 aliphatic heterocycles. The topological polar surface area (TPSA) is 79.8 Å². The lowest BCUT2D eigenvalue weighted by atomic mass is 10.1. The van der Waals surface area contributed by atoms with Crippen LogP contribution in [0.4, 0.5) is 0 Å². The number of hydrogen-bond acceptors (Lipinski definition) is 3. The predicted octanol–water partition coefficient (Wildman–Crippen LogP) is 3.02. The predicted molar refractivity (Wildman–Crippen MR) is 110 cm³/mol. The summed E-state index contributed by atoms with van der Waals surface area (Å²) in [6.45, 7) is 1.23. The quantitative estimate of drug-likeness (QED) is 0.522. The van der Waals surface area contributed by atoms with Gasteiger partial charge in [0.15, 0.2) is 0 Å². The number of aromatic amines is 1. The van der Waals surface area contributed by atoms with Gasteiger partial charge in [0.1, 0.15) is 5.52 Å². The second-order valence-electron chi connectivity index (χ2n) is 6.82. The highest BCUT2D eigenvalue weighted by atomic mass is 16.1. The molecule has 0 aliphatic carbocycles. The molecule has 0 bridgehead atoms. The molecular weight excluding hydrogens is 352 g/mol. The minimum Gasteiger partial charge on any atom is -0.356 e. The molecule has 0 atom stereocenters. The lowest BCUT2D eigenvalue weighted by Crippen LogP contribution is -2.25. The summed E-state index contributed by atoms with van der Waals surface area (Å²) in [7, 11) is 0. The Balaban J connectivity index is 1.40. The maximum Gasteiger partial charge on any atom is 0.288 e. The van der Waals surface area contributed by atoms with E-state index in [0.29, 0.717) is 31.4 Å². The number of benzene rings is 2. The van der Waals surface area contributed by atoms with Gasteiger partial charge in [-0.15, -0.1) is 0 Å². The number of carbonyl (C=O) groups is 1. The minimum atomic E-state index is -0.207. The van der Waals surface area contributed by atoms with E-state index in [1.165, 1.54) is 5.56 Å². The third-order valence-corrected chi connectivity index (χ3v) is 4.95. The molecule has 142 valence electrons. The van der Waals surface area contributed by atoms with E-state index in [2.05, 4.69) is 27.6 Å². The molecule has 2 N–H and O–H groups in total. The molecule has 0 fully saturated rings. The number of H-pyrrole nitrogens is 1. The average Bonchev–Trinajstić information content (AvgIpc) is 3.04. The fraction of sp³-hybridized carbons (Fsp3) is 0.227. The highest BCUT2D eigenvalue weighted by Crippen LogP contribution is 2.26. The molecule has 6 heteroatoms. The van der Waals surface area contributed by atoms with Gasteiger partial charge in [0.25, 0.3) is 5.56 Å². The van der Waals surface area contributed by atoms with Crippen molar-refractivity contribution in [2.24, 2.45) is 0 Å². The van der Waals surface area contributed by atoms with E-state index in [4.69, 9.17) is 0 Å². The van der Waals surface area contributed by atoms with Crippen molar-refractivity contribution in [1.82, 2.24) is 20.1 Å². The first-order valence-corrected chi connectivity index (χ1v) is 9.49. The number of amides is 1. The number of nitrogens with one attached hydrogen (secondary N) is 2. The van der Waals surface area contributed by atoms with E-state index in [1.807, 2.05) is 47.0 Å². The van der Waals surface area contributed by atoms with Crippen LogP contribution < -0.4 is 10.9 Å². The molecule has 0 saturated carbocycles. The van der Waals surface area contributed by atoms with Crippen molar-refractivity contribution >= 4 is 27.7 Å². The molecule has 1 amide bonds. The summed E-state index contributed by atoms with van der Waals surface area (Å²) < 4.78 is 1.99. The van der Waals surface area contributed by atoms with Crippen molar-refractivity contribution in [2.45, 2.75) is 25.8 Å².